The number of fused-ring (bicyclic) bond motifs is 1. The number of benzene rings is 2. The molecule has 0 aliphatic carbocycles. The number of nitrogens with two attached hydrogens (primary N) is 2. The topological polar surface area (TPSA) is 95.9 Å². The van der Waals surface area contributed by atoms with Crippen molar-refractivity contribution < 1.29 is 14.7 Å². The van der Waals surface area contributed by atoms with Crippen LogP contribution in [0.2, 0.25) is 10.0 Å². The molecule has 3 aromatic rings. The zero-order chi connectivity index (χ0) is 19.6. The smallest absolute Gasteiger partial charge is 0.231 e. The number of carbonyl (C=O) groups is 1. The molecular weight excluding hydrogens is 387 g/mol. The molecule has 0 unspecified atom stereocenters. The van der Waals surface area contributed by atoms with E-state index in [4.69, 9.17) is 33.4 Å². The second-order valence-corrected chi connectivity index (χ2v) is 6.72. The molecule has 0 fully saturated rings. The van der Waals surface area contributed by atoms with Crippen LogP contribution in [0.5, 0.6) is 0 Å². The highest BCUT2D eigenvalue weighted by atomic mass is 35.5. The van der Waals surface area contributed by atoms with Gasteiger partial charge in [-0.25, -0.2) is 0 Å². The van der Waals surface area contributed by atoms with Crippen LogP contribution in [-0.2, 0) is 0 Å². The lowest BCUT2D eigenvalue weighted by atomic mass is 10.0. The normalized spacial score (nSPS) is 12.2. The molecular formula is C20H16Cl2N2O3. The molecule has 1 heterocycles. The third-order valence-corrected chi connectivity index (χ3v) is 4.65. The number of rotatable bonds is 5. The molecule has 0 amide bonds. The molecule has 5 nitrogen and oxygen atoms in total. The Morgan fingerprint density at radius 1 is 1.22 bits per heavy atom. The number of halogens is 2. The van der Waals surface area contributed by atoms with Crippen LogP contribution in [0.4, 0.5) is 5.69 Å². The van der Waals surface area contributed by atoms with Gasteiger partial charge in [0, 0.05) is 16.0 Å². The zero-order valence-corrected chi connectivity index (χ0v) is 15.8. The SMILES string of the molecule is C/C(=C\C=C/[NH2+][O-])c1ccc2c(N)c(C(=O)c3ccc(Cl)cc3Cl)oc2c1. The Balaban J connectivity index is 2.03. The van der Waals surface area contributed by atoms with Crippen LogP contribution in [0.1, 0.15) is 28.6 Å². The van der Waals surface area contributed by atoms with Crippen molar-refractivity contribution in [3.8, 4) is 0 Å². The van der Waals surface area contributed by atoms with E-state index in [0.29, 0.717) is 21.5 Å². The number of anilines is 1. The number of ketones is 1. The van der Waals surface area contributed by atoms with Gasteiger partial charge >= 0.3 is 0 Å². The average Bonchev–Trinajstić information content (AvgIpc) is 2.97. The van der Waals surface area contributed by atoms with Gasteiger partial charge in [0.25, 0.3) is 0 Å². The fraction of sp³-hybridized carbons (Fsp3) is 0.0500. The summed E-state index contributed by atoms with van der Waals surface area (Å²) in [7, 11) is 0. The highest BCUT2D eigenvalue weighted by molar-refractivity contribution is 6.37. The quantitative estimate of drug-likeness (QED) is 0.372. The number of hydrogen-bond donors (Lipinski definition) is 2. The maximum Gasteiger partial charge on any atom is 0.231 e. The van der Waals surface area contributed by atoms with E-state index in [0.717, 1.165) is 11.1 Å². The molecule has 0 saturated heterocycles. The molecule has 1 aromatic heterocycles. The summed E-state index contributed by atoms with van der Waals surface area (Å²) in [5, 5.41) is 11.7. The molecule has 0 spiro atoms. The van der Waals surface area contributed by atoms with Crippen LogP contribution in [-0.4, -0.2) is 5.78 Å². The Bertz CT molecular complexity index is 1080. The third kappa shape index (κ3) is 3.91. The minimum absolute atomic E-state index is 0.0360. The summed E-state index contributed by atoms with van der Waals surface area (Å²) in [5.74, 6) is -0.373. The zero-order valence-electron chi connectivity index (χ0n) is 14.3. The molecule has 3 rings (SSSR count). The minimum Gasteiger partial charge on any atom is -0.631 e. The van der Waals surface area contributed by atoms with E-state index in [1.807, 2.05) is 13.0 Å². The van der Waals surface area contributed by atoms with Gasteiger partial charge in [-0.15, -0.1) is 0 Å². The molecule has 0 bridgehead atoms. The number of quaternary nitrogens is 1. The first-order chi connectivity index (χ1) is 12.9. The van der Waals surface area contributed by atoms with Gasteiger partial charge in [0.05, 0.1) is 16.9 Å². The Morgan fingerprint density at radius 2 is 2.00 bits per heavy atom. The van der Waals surface area contributed by atoms with E-state index in [1.54, 1.807) is 30.4 Å². The average molecular weight is 403 g/mol. The Hall–Kier alpha value is -2.57. The number of carbonyl (C=O) groups excluding carboxylic acids is 1. The number of furan rings is 1. The van der Waals surface area contributed by atoms with Crippen molar-refractivity contribution in [3.63, 3.8) is 0 Å². The van der Waals surface area contributed by atoms with Gasteiger partial charge in [0.1, 0.15) is 5.58 Å². The van der Waals surface area contributed by atoms with E-state index in [9.17, 15) is 10.0 Å². The lowest BCUT2D eigenvalue weighted by Crippen LogP contribution is -2.69. The fourth-order valence-electron chi connectivity index (χ4n) is 2.67. The molecule has 0 radical (unpaired) electrons. The molecule has 0 aliphatic heterocycles. The number of hydrogen-bond acceptors (Lipinski definition) is 4. The molecule has 2 aromatic carbocycles. The summed E-state index contributed by atoms with van der Waals surface area (Å²) in [6, 6.07) is 10.1. The van der Waals surface area contributed by atoms with E-state index in [-0.39, 0.29) is 22.0 Å². The van der Waals surface area contributed by atoms with Gasteiger partial charge in [-0.2, -0.15) is 0 Å². The van der Waals surface area contributed by atoms with Crippen molar-refractivity contribution >= 4 is 51.2 Å². The molecule has 0 aliphatic rings. The Morgan fingerprint density at radius 3 is 2.70 bits per heavy atom. The van der Waals surface area contributed by atoms with Crippen LogP contribution in [0.15, 0.2) is 59.2 Å². The predicted octanol–water partition coefficient (Wildman–Crippen LogP) is 4.53. The first-order valence-corrected chi connectivity index (χ1v) is 8.79. The summed E-state index contributed by atoms with van der Waals surface area (Å²) < 4.78 is 5.75. The summed E-state index contributed by atoms with van der Waals surface area (Å²) in [5.41, 5.74) is 9.67. The van der Waals surface area contributed by atoms with E-state index >= 15 is 0 Å². The minimum atomic E-state index is -0.409. The van der Waals surface area contributed by atoms with Gasteiger partial charge in [-0.3, -0.25) is 4.79 Å². The largest absolute Gasteiger partial charge is 0.631 e. The van der Waals surface area contributed by atoms with Crippen molar-refractivity contribution in [3.05, 3.63) is 86.9 Å². The maximum atomic E-state index is 12.8. The molecule has 27 heavy (non-hydrogen) atoms. The second-order valence-electron chi connectivity index (χ2n) is 5.88. The molecule has 138 valence electrons. The third-order valence-electron chi connectivity index (χ3n) is 4.10. The lowest BCUT2D eigenvalue weighted by Gasteiger charge is -2.02. The van der Waals surface area contributed by atoms with Gasteiger partial charge in [-0.05, 0) is 54.5 Å². The fourth-order valence-corrected chi connectivity index (χ4v) is 3.16. The van der Waals surface area contributed by atoms with E-state index in [2.05, 4.69) is 0 Å². The molecule has 0 atom stereocenters. The first-order valence-electron chi connectivity index (χ1n) is 8.03. The number of hydroxylamine groups is 1. The van der Waals surface area contributed by atoms with Crippen molar-refractivity contribution in [2.45, 2.75) is 6.92 Å². The Labute approximate surface area is 165 Å². The highest BCUT2D eigenvalue weighted by Crippen LogP contribution is 2.33. The van der Waals surface area contributed by atoms with Crippen LogP contribution in [0.3, 0.4) is 0 Å². The summed E-state index contributed by atoms with van der Waals surface area (Å²) >= 11 is 12.0. The predicted molar refractivity (Wildman–Crippen MR) is 109 cm³/mol. The van der Waals surface area contributed by atoms with Crippen LogP contribution < -0.4 is 11.2 Å². The molecule has 0 saturated carbocycles. The van der Waals surface area contributed by atoms with Gasteiger partial charge in [0.2, 0.25) is 5.78 Å². The van der Waals surface area contributed by atoms with Crippen molar-refractivity contribution in [2.24, 2.45) is 0 Å². The van der Waals surface area contributed by atoms with Crippen molar-refractivity contribution in [2.75, 3.05) is 5.73 Å². The Kier molecular flexibility index (Phi) is 5.68. The van der Waals surface area contributed by atoms with Crippen LogP contribution in [0.25, 0.3) is 16.5 Å². The highest BCUT2D eigenvalue weighted by Gasteiger charge is 2.22. The van der Waals surface area contributed by atoms with Gasteiger partial charge < -0.3 is 20.8 Å². The second kappa shape index (κ2) is 7.98. The van der Waals surface area contributed by atoms with E-state index in [1.165, 1.54) is 18.3 Å². The van der Waals surface area contributed by atoms with Crippen molar-refractivity contribution in [1.29, 1.82) is 0 Å². The van der Waals surface area contributed by atoms with Crippen LogP contribution in [0, 0.1) is 5.21 Å². The summed E-state index contributed by atoms with van der Waals surface area (Å²) in [6.45, 7) is 1.90. The van der Waals surface area contributed by atoms with Crippen molar-refractivity contribution in [1.82, 2.24) is 0 Å². The van der Waals surface area contributed by atoms with Gasteiger partial charge in [-0.1, -0.05) is 35.3 Å². The number of nitrogen functional groups attached to an aromatic ring is 1. The number of allylic oxidation sites excluding steroid dienone is 3. The summed E-state index contributed by atoms with van der Waals surface area (Å²) in [4.78, 5) is 12.8. The maximum absolute atomic E-state index is 12.8. The monoisotopic (exact) mass is 402 g/mol. The standard InChI is InChI=1S/C20H16Cl2N2O3/c1-11(3-2-8-24-26)12-4-6-15-17(9-12)27-20(18(15)23)19(25)14-7-5-13(21)10-16(14)22/h2-10H,23-24H2,1H3/b8-2-,11-3+. The molecule has 7 heteroatoms. The van der Waals surface area contributed by atoms with Crippen LogP contribution >= 0.6 is 23.2 Å². The van der Waals surface area contributed by atoms with E-state index < -0.39 is 5.78 Å². The molecule has 4 N–H and O–H groups in total. The summed E-state index contributed by atoms with van der Waals surface area (Å²) in [6.07, 6.45) is 4.86. The van der Waals surface area contributed by atoms with Gasteiger partial charge in [0.15, 0.2) is 5.76 Å². The first kappa shape index (κ1) is 19.2. The lowest BCUT2D eigenvalue weighted by molar-refractivity contribution is -0.514.